The van der Waals surface area contributed by atoms with Gasteiger partial charge in [0.2, 0.25) is 0 Å². The molecule has 2 heterocycles. The number of hydrogen-bond acceptors (Lipinski definition) is 6. The molecular formula is C19H22FIN4O4. The molecule has 10 heteroatoms. The summed E-state index contributed by atoms with van der Waals surface area (Å²) in [5, 5.41) is 21.6. The van der Waals surface area contributed by atoms with Crippen LogP contribution in [0.1, 0.15) is 17.3 Å². The van der Waals surface area contributed by atoms with Crippen LogP contribution in [0.5, 0.6) is 0 Å². The largest absolute Gasteiger partial charge is 0.394 e. The fraction of sp³-hybridized carbons (Fsp3) is 0.263. The molecule has 8 nitrogen and oxygen atoms in total. The number of anilines is 1. The van der Waals surface area contributed by atoms with Gasteiger partial charge in [0.25, 0.3) is 5.91 Å². The average Bonchev–Trinajstić information content (AvgIpc) is 2.96. The third-order valence-electron chi connectivity index (χ3n) is 3.85. The summed E-state index contributed by atoms with van der Waals surface area (Å²) in [7, 11) is 1.68. The third-order valence-corrected chi connectivity index (χ3v) is 4.21. The van der Waals surface area contributed by atoms with Gasteiger partial charge in [-0.3, -0.25) is 9.63 Å². The van der Waals surface area contributed by atoms with E-state index in [0.717, 1.165) is 3.58 Å². The van der Waals surface area contributed by atoms with Gasteiger partial charge < -0.3 is 20.1 Å². The lowest BCUT2D eigenvalue weighted by Gasteiger charge is -2.13. The van der Waals surface area contributed by atoms with Crippen LogP contribution in [0.25, 0.3) is 11.0 Å². The van der Waals surface area contributed by atoms with Crippen molar-refractivity contribution in [1.29, 1.82) is 0 Å². The third kappa shape index (κ3) is 5.85. The van der Waals surface area contributed by atoms with E-state index in [4.69, 9.17) is 9.94 Å². The van der Waals surface area contributed by atoms with Crippen LogP contribution in [0.3, 0.4) is 0 Å². The summed E-state index contributed by atoms with van der Waals surface area (Å²) in [6.07, 6.45) is 3.67. The number of halogens is 2. The van der Waals surface area contributed by atoms with Gasteiger partial charge in [0.15, 0.2) is 0 Å². The second kappa shape index (κ2) is 10.5. The maximum Gasteiger partial charge on any atom is 0.279 e. The summed E-state index contributed by atoms with van der Waals surface area (Å²) < 4.78 is 16.5. The number of aliphatic hydroxyl groups is 2. The Kier molecular flexibility index (Phi) is 8.32. The molecule has 4 N–H and O–H groups in total. The number of aromatic nitrogens is 2. The quantitative estimate of drug-likeness (QED) is 0.232. The Morgan fingerprint density at radius 2 is 2.24 bits per heavy atom. The number of nitrogens with zero attached hydrogens (tertiary/aromatic N) is 2. The highest BCUT2D eigenvalue weighted by molar-refractivity contribution is 14.1. The normalized spacial score (nSPS) is 13.4. The number of amides is 1. The molecule has 1 atom stereocenters. The summed E-state index contributed by atoms with van der Waals surface area (Å²) in [6.45, 7) is 4.40. The van der Waals surface area contributed by atoms with E-state index >= 15 is 0 Å². The van der Waals surface area contributed by atoms with Crippen LogP contribution in [0.2, 0.25) is 0 Å². The number of rotatable bonds is 9. The summed E-state index contributed by atoms with van der Waals surface area (Å²) >= 11 is 2.09. The fourth-order valence-corrected chi connectivity index (χ4v) is 2.65. The second-order valence-corrected chi connectivity index (χ2v) is 7.80. The van der Waals surface area contributed by atoms with Crippen LogP contribution in [0.4, 0.5) is 10.2 Å². The fourth-order valence-electron chi connectivity index (χ4n) is 2.47. The molecule has 0 saturated carbocycles. The summed E-state index contributed by atoms with van der Waals surface area (Å²) in [6, 6.07) is 3.37. The SMILES string of the molecule is C=C(F)/C(=C\C=C(/C)I)Nc1c(C(=O)NOC[C@H](O)CO)c2cccnc2n1C. The molecule has 0 radical (unpaired) electrons. The number of carbonyl (C=O) groups is 1. The van der Waals surface area contributed by atoms with Gasteiger partial charge in [-0.2, -0.15) is 0 Å². The minimum atomic E-state index is -1.13. The molecule has 2 aromatic heterocycles. The van der Waals surface area contributed by atoms with Gasteiger partial charge in [0, 0.05) is 18.6 Å². The topological polar surface area (TPSA) is 109 Å². The Morgan fingerprint density at radius 1 is 1.52 bits per heavy atom. The van der Waals surface area contributed by atoms with E-state index in [1.54, 1.807) is 36.0 Å². The second-order valence-electron chi connectivity index (χ2n) is 6.10. The van der Waals surface area contributed by atoms with Crippen LogP contribution >= 0.6 is 22.6 Å². The van der Waals surface area contributed by atoms with Crippen molar-refractivity contribution in [1.82, 2.24) is 15.0 Å². The molecule has 0 saturated heterocycles. The lowest BCUT2D eigenvalue weighted by Crippen LogP contribution is -2.30. The highest BCUT2D eigenvalue weighted by Crippen LogP contribution is 2.30. The summed E-state index contributed by atoms with van der Waals surface area (Å²) in [4.78, 5) is 22.0. The molecule has 2 aromatic rings. The van der Waals surface area contributed by atoms with Crippen molar-refractivity contribution in [2.45, 2.75) is 13.0 Å². The molecule has 0 aliphatic heterocycles. The number of aryl methyl sites for hydroxylation is 1. The molecular weight excluding hydrogens is 494 g/mol. The lowest BCUT2D eigenvalue weighted by atomic mass is 10.2. The summed E-state index contributed by atoms with van der Waals surface area (Å²) in [5.41, 5.74) is 2.98. The molecule has 1 amide bonds. The predicted molar refractivity (Wildman–Crippen MR) is 117 cm³/mol. The van der Waals surface area contributed by atoms with Gasteiger partial charge in [-0.1, -0.05) is 12.7 Å². The van der Waals surface area contributed by atoms with Crippen LogP contribution < -0.4 is 10.8 Å². The first-order valence-corrected chi connectivity index (χ1v) is 9.64. The van der Waals surface area contributed by atoms with E-state index in [0.29, 0.717) is 11.0 Å². The van der Waals surface area contributed by atoms with Crippen molar-refractivity contribution in [3.63, 3.8) is 0 Å². The van der Waals surface area contributed by atoms with E-state index in [-0.39, 0.29) is 23.7 Å². The van der Waals surface area contributed by atoms with Gasteiger partial charge in [-0.25, -0.2) is 14.9 Å². The average molecular weight is 516 g/mol. The molecule has 0 spiro atoms. The number of hydrogen-bond donors (Lipinski definition) is 4. The van der Waals surface area contributed by atoms with Crippen LogP contribution in [-0.2, 0) is 11.9 Å². The zero-order valence-corrected chi connectivity index (χ0v) is 18.1. The van der Waals surface area contributed by atoms with Crippen LogP contribution in [0, 0.1) is 0 Å². The first kappa shape index (κ1) is 23.0. The molecule has 0 aromatic carbocycles. The number of allylic oxidation sites excluding steroid dienone is 4. The number of fused-ring (bicyclic) bond motifs is 1. The zero-order valence-electron chi connectivity index (χ0n) is 15.9. The van der Waals surface area contributed by atoms with Crippen molar-refractivity contribution >= 4 is 45.3 Å². The van der Waals surface area contributed by atoms with Gasteiger partial charge in [-0.15, -0.1) is 0 Å². The van der Waals surface area contributed by atoms with Crippen molar-refractivity contribution in [2.75, 3.05) is 18.5 Å². The lowest BCUT2D eigenvalue weighted by molar-refractivity contribution is -0.0294. The Balaban J connectivity index is 2.46. The smallest absolute Gasteiger partial charge is 0.279 e. The standard InChI is InChI=1S/C19H22FIN4O4/c1-11(21)6-7-15(12(2)20)23-18-16(19(28)24-29-10-13(27)9-26)14-5-4-8-22-17(14)25(18)3/h4-8,13,23,26-27H,2,9-10H2,1,3H3,(H,24,28)/b11-6+,15-7+/t13-/m1/s1. The van der Waals surface area contributed by atoms with Crippen molar-refractivity contribution in [3.05, 3.63) is 57.7 Å². The number of nitrogens with one attached hydrogen (secondary N) is 2. The molecule has 0 fully saturated rings. The molecule has 0 bridgehead atoms. The number of pyridine rings is 1. The Bertz CT molecular complexity index is 967. The van der Waals surface area contributed by atoms with Gasteiger partial charge >= 0.3 is 0 Å². The van der Waals surface area contributed by atoms with E-state index in [1.807, 2.05) is 6.92 Å². The number of hydroxylamine groups is 1. The highest BCUT2D eigenvalue weighted by atomic mass is 127. The molecule has 29 heavy (non-hydrogen) atoms. The van der Waals surface area contributed by atoms with E-state index < -0.39 is 24.4 Å². The molecule has 2 rings (SSSR count). The van der Waals surface area contributed by atoms with Crippen molar-refractivity contribution in [3.8, 4) is 0 Å². The minimum absolute atomic E-state index is 0.0811. The molecule has 0 unspecified atom stereocenters. The highest BCUT2D eigenvalue weighted by Gasteiger charge is 2.23. The maximum absolute atomic E-state index is 14.0. The summed E-state index contributed by atoms with van der Waals surface area (Å²) in [5.74, 6) is -1.04. The minimum Gasteiger partial charge on any atom is -0.394 e. The molecule has 0 aliphatic rings. The van der Waals surface area contributed by atoms with Crippen LogP contribution in [0.15, 0.2) is 52.2 Å². The van der Waals surface area contributed by atoms with Crippen molar-refractivity contribution in [2.24, 2.45) is 7.05 Å². The Morgan fingerprint density at radius 3 is 2.86 bits per heavy atom. The van der Waals surface area contributed by atoms with Gasteiger partial charge in [0.05, 0.1) is 17.9 Å². The first-order valence-electron chi connectivity index (χ1n) is 8.56. The Hall–Kier alpha value is -2.28. The van der Waals surface area contributed by atoms with Crippen LogP contribution in [-0.4, -0.2) is 45.0 Å². The monoisotopic (exact) mass is 516 g/mol. The van der Waals surface area contributed by atoms with Crippen molar-refractivity contribution < 1.29 is 24.2 Å². The maximum atomic E-state index is 14.0. The first-order chi connectivity index (χ1) is 13.8. The predicted octanol–water partition coefficient (Wildman–Crippen LogP) is 2.71. The molecule has 156 valence electrons. The zero-order chi connectivity index (χ0) is 21.6. The molecule has 0 aliphatic carbocycles. The number of carbonyl (C=O) groups excluding carboxylic acids is 1. The van der Waals surface area contributed by atoms with Gasteiger partial charge in [0.1, 0.15) is 30.0 Å². The van der Waals surface area contributed by atoms with E-state index in [9.17, 15) is 14.3 Å². The van der Waals surface area contributed by atoms with E-state index in [1.165, 1.54) is 6.08 Å². The van der Waals surface area contributed by atoms with E-state index in [2.05, 4.69) is 45.0 Å². The van der Waals surface area contributed by atoms with Gasteiger partial charge in [-0.05, 0) is 51.3 Å². The Labute approximate surface area is 180 Å². The number of aliphatic hydroxyl groups excluding tert-OH is 2.